The molecule has 0 atom stereocenters. The zero-order chi connectivity index (χ0) is 14.1. The Morgan fingerprint density at radius 1 is 1.30 bits per heavy atom. The van der Waals surface area contributed by atoms with Gasteiger partial charge in [-0.1, -0.05) is 18.2 Å². The Hall–Kier alpha value is -2.83. The highest BCUT2D eigenvalue weighted by molar-refractivity contribution is 5.86. The summed E-state index contributed by atoms with van der Waals surface area (Å²) in [7, 11) is 0. The number of rotatable bonds is 3. The fourth-order valence-electron chi connectivity index (χ4n) is 1.99. The molecule has 0 radical (unpaired) electrons. The number of nitrogens with two attached hydrogens (primary N) is 1. The number of benzene rings is 1. The predicted molar refractivity (Wildman–Crippen MR) is 75.1 cm³/mol. The summed E-state index contributed by atoms with van der Waals surface area (Å²) in [6.07, 6.45) is 0. The highest BCUT2D eigenvalue weighted by atomic mass is 16.5. The fourth-order valence-corrected chi connectivity index (χ4v) is 1.99. The lowest BCUT2D eigenvalue weighted by molar-refractivity contribution is 0.314. The van der Waals surface area contributed by atoms with E-state index >= 15 is 0 Å². The van der Waals surface area contributed by atoms with Crippen molar-refractivity contribution >= 4 is 16.9 Å². The maximum absolute atomic E-state index is 12.0. The summed E-state index contributed by atoms with van der Waals surface area (Å²) >= 11 is 0. The molecule has 0 saturated carbocycles. The molecule has 0 aliphatic rings. The van der Waals surface area contributed by atoms with Crippen molar-refractivity contribution < 1.29 is 4.74 Å². The molecular formula is C13H13N5O2. The molecule has 0 bridgehead atoms. The molecule has 3 N–H and O–H groups in total. The number of nitrogen functional groups attached to an aromatic ring is 1. The van der Waals surface area contributed by atoms with Gasteiger partial charge >= 0.3 is 6.01 Å². The first kappa shape index (κ1) is 12.2. The van der Waals surface area contributed by atoms with Gasteiger partial charge in [-0.25, -0.2) is 4.68 Å². The largest absolute Gasteiger partial charge is 0.464 e. The van der Waals surface area contributed by atoms with Crippen LogP contribution in [0.5, 0.6) is 6.01 Å². The molecule has 0 spiro atoms. The molecule has 0 saturated heterocycles. The van der Waals surface area contributed by atoms with Crippen LogP contribution in [0.1, 0.15) is 6.92 Å². The number of aromatic nitrogens is 4. The van der Waals surface area contributed by atoms with Crippen LogP contribution in [0.3, 0.4) is 0 Å². The van der Waals surface area contributed by atoms with Crippen LogP contribution in [0.4, 0.5) is 5.82 Å². The molecule has 2 heterocycles. The summed E-state index contributed by atoms with van der Waals surface area (Å²) in [6.45, 7) is 2.25. The number of hydrogen-bond acceptors (Lipinski definition) is 5. The molecule has 7 heteroatoms. The molecule has 0 aliphatic carbocycles. The molecule has 3 rings (SSSR count). The van der Waals surface area contributed by atoms with Gasteiger partial charge in [-0.2, -0.15) is 9.97 Å². The van der Waals surface area contributed by atoms with E-state index < -0.39 is 0 Å². The van der Waals surface area contributed by atoms with E-state index in [1.165, 1.54) is 0 Å². The SMILES string of the molecule is CCOc1nc(N)c2c(=O)[nH]n(-c3ccccc3)c2n1. The Balaban J connectivity index is 2.31. The molecule has 2 aromatic heterocycles. The van der Waals surface area contributed by atoms with Gasteiger partial charge in [0.05, 0.1) is 12.3 Å². The number of nitrogens with one attached hydrogen (secondary N) is 1. The third-order valence-electron chi connectivity index (χ3n) is 2.84. The second kappa shape index (κ2) is 4.69. The van der Waals surface area contributed by atoms with Gasteiger partial charge < -0.3 is 10.5 Å². The van der Waals surface area contributed by atoms with E-state index in [0.717, 1.165) is 5.69 Å². The van der Waals surface area contributed by atoms with Crippen molar-refractivity contribution in [2.75, 3.05) is 12.3 Å². The van der Waals surface area contributed by atoms with Gasteiger partial charge in [-0.05, 0) is 19.1 Å². The van der Waals surface area contributed by atoms with E-state index in [4.69, 9.17) is 10.5 Å². The quantitative estimate of drug-likeness (QED) is 0.743. The Labute approximate surface area is 114 Å². The van der Waals surface area contributed by atoms with Crippen molar-refractivity contribution in [1.29, 1.82) is 0 Å². The van der Waals surface area contributed by atoms with Gasteiger partial charge in [0.2, 0.25) is 0 Å². The molecular weight excluding hydrogens is 258 g/mol. The van der Waals surface area contributed by atoms with E-state index in [0.29, 0.717) is 12.3 Å². The third kappa shape index (κ3) is 1.89. The summed E-state index contributed by atoms with van der Waals surface area (Å²) in [5, 5.41) is 2.96. The van der Waals surface area contributed by atoms with Crippen LogP contribution in [-0.4, -0.2) is 26.4 Å². The van der Waals surface area contributed by atoms with Crippen LogP contribution >= 0.6 is 0 Å². The monoisotopic (exact) mass is 271 g/mol. The molecule has 7 nitrogen and oxygen atoms in total. The molecule has 0 aliphatic heterocycles. The average molecular weight is 271 g/mol. The van der Waals surface area contributed by atoms with E-state index in [9.17, 15) is 4.79 Å². The van der Waals surface area contributed by atoms with Crippen molar-refractivity contribution in [1.82, 2.24) is 19.7 Å². The van der Waals surface area contributed by atoms with Crippen LogP contribution in [0.2, 0.25) is 0 Å². The number of anilines is 1. The summed E-state index contributed by atoms with van der Waals surface area (Å²) in [5.41, 5.74) is 6.66. The van der Waals surface area contributed by atoms with Crippen molar-refractivity contribution in [3.8, 4) is 11.7 Å². The Morgan fingerprint density at radius 2 is 2.05 bits per heavy atom. The minimum Gasteiger partial charge on any atom is -0.464 e. The lowest BCUT2D eigenvalue weighted by atomic mass is 10.3. The van der Waals surface area contributed by atoms with E-state index in [-0.39, 0.29) is 22.8 Å². The number of hydrogen-bond donors (Lipinski definition) is 2. The van der Waals surface area contributed by atoms with Gasteiger partial charge in [0.1, 0.15) is 11.2 Å². The molecule has 3 aromatic rings. The topological polar surface area (TPSA) is 98.8 Å². The lowest BCUT2D eigenvalue weighted by Crippen LogP contribution is -2.05. The molecule has 0 amide bonds. The Morgan fingerprint density at radius 3 is 2.75 bits per heavy atom. The van der Waals surface area contributed by atoms with E-state index in [1.54, 1.807) is 4.68 Å². The molecule has 0 unspecified atom stereocenters. The highest BCUT2D eigenvalue weighted by Gasteiger charge is 2.15. The average Bonchev–Trinajstić information content (AvgIpc) is 2.78. The minimum absolute atomic E-state index is 0.106. The summed E-state index contributed by atoms with van der Waals surface area (Å²) in [6, 6.07) is 9.49. The van der Waals surface area contributed by atoms with Gasteiger partial charge in [0, 0.05) is 0 Å². The highest BCUT2D eigenvalue weighted by Crippen LogP contribution is 2.19. The molecule has 0 fully saturated rings. The maximum atomic E-state index is 12.0. The number of nitrogens with zero attached hydrogens (tertiary/aromatic N) is 3. The number of fused-ring (bicyclic) bond motifs is 1. The van der Waals surface area contributed by atoms with Gasteiger partial charge in [0.15, 0.2) is 5.65 Å². The minimum atomic E-state index is -0.329. The molecule has 102 valence electrons. The van der Waals surface area contributed by atoms with Crippen LogP contribution in [0, 0.1) is 0 Å². The number of aromatic amines is 1. The van der Waals surface area contributed by atoms with Crippen LogP contribution in [-0.2, 0) is 0 Å². The predicted octanol–water partition coefficient (Wildman–Crippen LogP) is 1.09. The van der Waals surface area contributed by atoms with E-state index in [2.05, 4.69) is 15.1 Å². The second-order valence-electron chi connectivity index (χ2n) is 4.13. The van der Waals surface area contributed by atoms with Gasteiger partial charge in [-0.15, -0.1) is 0 Å². The van der Waals surface area contributed by atoms with Crippen LogP contribution < -0.4 is 16.0 Å². The number of ether oxygens (including phenoxy) is 1. The Bertz CT molecular complexity index is 807. The van der Waals surface area contributed by atoms with Crippen molar-refractivity contribution in [2.45, 2.75) is 6.92 Å². The zero-order valence-electron chi connectivity index (χ0n) is 10.8. The van der Waals surface area contributed by atoms with Crippen LogP contribution in [0.15, 0.2) is 35.1 Å². The van der Waals surface area contributed by atoms with Gasteiger partial charge in [0.25, 0.3) is 5.56 Å². The number of para-hydroxylation sites is 1. The second-order valence-corrected chi connectivity index (χ2v) is 4.13. The first-order valence-corrected chi connectivity index (χ1v) is 6.17. The zero-order valence-corrected chi connectivity index (χ0v) is 10.8. The van der Waals surface area contributed by atoms with Crippen molar-refractivity contribution in [2.24, 2.45) is 0 Å². The summed E-state index contributed by atoms with van der Waals surface area (Å²) < 4.78 is 6.83. The first-order chi connectivity index (χ1) is 9.70. The Kier molecular flexibility index (Phi) is 2.86. The lowest BCUT2D eigenvalue weighted by Gasteiger charge is -2.05. The first-order valence-electron chi connectivity index (χ1n) is 6.17. The fraction of sp³-hybridized carbons (Fsp3) is 0.154. The summed E-state index contributed by atoms with van der Waals surface area (Å²) in [5.74, 6) is 0.106. The smallest absolute Gasteiger partial charge is 0.320 e. The summed E-state index contributed by atoms with van der Waals surface area (Å²) in [4.78, 5) is 20.2. The van der Waals surface area contributed by atoms with Gasteiger partial charge in [-0.3, -0.25) is 9.89 Å². The number of H-pyrrole nitrogens is 1. The van der Waals surface area contributed by atoms with Crippen molar-refractivity contribution in [3.05, 3.63) is 40.7 Å². The van der Waals surface area contributed by atoms with Crippen molar-refractivity contribution in [3.63, 3.8) is 0 Å². The standard InChI is InChI=1S/C13H13N5O2/c1-2-20-13-15-10(14)9-11(16-13)18(17-12(9)19)8-6-4-3-5-7-8/h3-7H,2H2,1H3,(H,17,19)(H2,14,15,16). The molecule has 1 aromatic carbocycles. The third-order valence-corrected chi connectivity index (χ3v) is 2.84. The van der Waals surface area contributed by atoms with E-state index in [1.807, 2.05) is 37.3 Å². The normalized spacial score (nSPS) is 10.8. The maximum Gasteiger partial charge on any atom is 0.320 e. The molecule has 20 heavy (non-hydrogen) atoms. The van der Waals surface area contributed by atoms with Crippen LogP contribution in [0.25, 0.3) is 16.7 Å².